The van der Waals surface area contributed by atoms with Gasteiger partial charge < -0.3 is 5.32 Å². The molecule has 1 heterocycles. The van der Waals surface area contributed by atoms with Gasteiger partial charge in [-0.1, -0.05) is 72.4 Å². The number of halogens is 1. The van der Waals surface area contributed by atoms with E-state index in [1.54, 1.807) is 12.1 Å². The summed E-state index contributed by atoms with van der Waals surface area (Å²) in [6, 6.07) is 26.5. The summed E-state index contributed by atoms with van der Waals surface area (Å²) in [6.07, 6.45) is 1.79. The molecular weight excluding hydrogens is 447 g/mol. The molecule has 0 radical (unpaired) electrons. The number of amides is 1. The van der Waals surface area contributed by atoms with Gasteiger partial charge in [0.25, 0.3) is 0 Å². The standard InChI is InChI=1S/C27H27FN4OS/c1-20(12-13-21-8-4-2-5-9-21)29-25(33)19-34-27-31-30-26(23-14-16-24(28)17-15-23)32(27)18-22-10-6-3-7-11-22/h2-11,14-17,20H,12-13,18-19H2,1H3,(H,29,33). The van der Waals surface area contributed by atoms with E-state index in [1.165, 1.54) is 29.5 Å². The Labute approximate surface area is 203 Å². The Kier molecular flexibility index (Phi) is 8.09. The number of hydrogen-bond acceptors (Lipinski definition) is 4. The Morgan fingerprint density at radius 3 is 2.26 bits per heavy atom. The van der Waals surface area contributed by atoms with Crippen LogP contribution in [0.15, 0.2) is 90.1 Å². The molecule has 174 valence electrons. The molecule has 0 saturated carbocycles. The quantitative estimate of drug-likeness (QED) is 0.314. The smallest absolute Gasteiger partial charge is 0.230 e. The molecule has 0 aliphatic heterocycles. The first kappa shape index (κ1) is 23.7. The molecule has 1 amide bonds. The van der Waals surface area contributed by atoms with Gasteiger partial charge in [-0.3, -0.25) is 9.36 Å². The summed E-state index contributed by atoms with van der Waals surface area (Å²) >= 11 is 1.35. The summed E-state index contributed by atoms with van der Waals surface area (Å²) in [7, 11) is 0. The van der Waals surface area contributed by atoms with Gasteiger partial charge in [0.2, 0.25) is 5.91 Å². The van der Waals surface area contributed by atoms with Crippen molar-refractivity contribution in [1.82, 2.24) is 20.1 Å². The predicted molar refractivity (Wildman–Crippen MR) is 134 cm³/mol. The Bertz CT molecular complexity index is 1200. The van der Waals surface area contributed by atoms with E-state index < -0.39 is 0 Å². The van der Waals surface area contributed by atoms with Crippen molar-refractivity contribution in [3.63, 3.8) is 0 Å². The number of nitrogens with one attached hydrogen (secondary N) is 1. The molecule has 7 heteroatoms. The summed E-state index contributed by atoms with van der Waals surface area (Å²) in [6.45, 7) is 2.58. The van der Waals surface area contributed by atoms with Crippen LogP contribution in [0.2, 0.25) is 0 Å². The minimum absolute atomic E-state index is 0.0387. The lowest BCUT2D eigenvalue weighted by Crippen LogP contribution is -2.34. The molecular formula is C27H27FN4OS. The third-order valence-electron chi connectivity index (χ3n) is 5.45. The summed E-state index contributed by atoms with van der Waals surface area (Å²) in [5.74, 6) is 0.545. The van der Waals surface area contributed by atoms with Gasteiger partial charge in [-0.25, -0.2) is 4.39 Å². The van der Waals surface area contributed by atoms with E-state index in [9.17, 15) is 9.18 Å². The molecule has 0 aliphatic carbocycles. The fourth-order valence-electron chi connectivity index (χ4n) is 3.66. The summed E-state index contributed by atoms with van der Waals surface area (Å²) in [5, 5.41) is 12.4. The molecule has 5 nitrogen and oxygen atoms in total. The van der Waals surface area contributed by atoms with E-state index in [-0.39, 0.29) is 23.5 Å². The Morgan fingerprint density at radius 1 is 0.941 bits per heavy atom. The maximum absolute atomic E-state index is 13.4. The van der Waals surface area contributed by atoms with Crippen LogP contribution in [0.5, 0.6) is 0 Å². The normalized spacial score (nSPS) is 11.8. The van der Waals surface area contributed by atoms with Gasteiger partial charge in [0.15, 0.2) is 11.0 Å². The van der Waals surface area contributed by atoms with Crippen LogP contribution in [0.25, 0.3) is 11.4 Å². The van der Waals surface area contributed by atoms with Crippen molar-refractivity contribution in [2.75, 3.05) is 5.75 Å². The summed E-state index contributed by atoms with van der Waals surface area (Å²) in [4.78, 5) is 12.6. The van der Waals surface area contributed by atoms with Gasteiger partial charge in [-0.2, -0.15) is 0 Å². The summed E-state index contributed by atoms with van der Waals surface area (Å²) in [5.41, 5.74) is 3.13. The Balaban J connectivity index is 1.41. The molecule has 0 bridgehead atoms. The second-order valence-corrected chi connectivity index (χ2v) is 9.11. The van der Waals surface area contributed by atoms with Gasteiger partial charge in [0.05, 0.1) is 12.3 Å². The van der Waals surface area contributed by atoms with Crippen LogP contribution in [-0.2, 0) is 17.8 Å². The zero-order valence-electron chi connectivity index (χ0n) is 19.0. The van der Waals surface area contributed by atoms with E-state index in [0.29, 0.717) is 17.5 Å². The molecule has 1 N–H and O–H groups in total. The first-order valence-corrected chi connectivity index (χ1v) is 12.3. The average molecular weight is 475 g/mol. The van der Waals surface area contributed by atoms with Gasteiger partial charge in [-0.05, 0) is 55.2 Å². The topological polar surface area (TPSA) is 59.8 Å². The van der Waals surface area contributed by atoms with E-state index in [2.05, 4.69) is 27.6 Å². The second-order valence-electron chi connectivity index (χ2n) is 8.17. The monoisotopic (exact) mass is 474 g/mol. The SMILES string of the molecule is CC(CCc1ccccc1)NC(=O)CSc1nnc(-c2ccc(F)cc2)n1Cc1ccccc1. The van der Waals surface area contributed by atoms with Crippen LogP contribution in [0.1, 0.15) is 24.5 Å². The van der Waals surface area contributed by atoms with E-state index in [1.807, 2.05) is 60.0 Å². The first-order chi connectivity index (χ1) is 16.6. The van der Waals surface area contributed by atoms with Crippen molar-refractivity contribution < 1.29 is 9.18 Å². The zero-order valence-corrected chi connectivity index (χ0v) is 19.8. The Morgan fingerprint density at radius 2 is 1.59 bits per heavy atom. The first-order valence-electron chi connectivity index (χ1n) is 11.3. The molecule has 0 spiro atoms. The van der Waals surface area contributed by atoms with Crippen LogP contribution in [-0.4, -0.2) is 32.5 Å². The molecule has 3 aromatic carbocycles. The highest BCUT2D eigenvalue weighted by Gasteiger charge is 2.17. The van der Waals surface area contributed by atoms with E-state index in [4.69, 9.17) is 0 Å². The van der Waals surface area contributed by atoms with Crippen molar-refractivity contribution in [2.24, 2.45) is 0 Å². The lowest BCUT2D eigenvalue weighted by molar-refractivity contribution is -0.119. The number of nitrogens with zero attached hydrogens (tertiary/aromatic N) is 3. The van der Waals surface area contributed by atoms with Crippen molar-refractivity contribution in [2.45, 2.75) is 37.5 Å². The fourth-order valence-corrected chi connectivity index (χ4v) is 4.41. The Hall–Kier alpha value is -3.45. The highest BCUT2D eigenvalue weighted by Crippen LogP contribution is 2.25. The lowest BCUT2D eigenvalue weighted by atomic mass is 10.1. The molecule has 0 fully saturated rings. The minimum atomic E-state index is -0.300. The van der Waals surface area contributed by atoms with Gasteiger partial charge in [-0.15, -0.1) is 10.2 Å². The third-order valence-corrected chi connectivity index (χ3v) is 6.42. The number of carbonyl (C=O) groups is 1. The lowest BCUT2D eigenvalue weighted by Gasteiger charge is -2.14. The molecule has 1 aromatic heterocycles. The third kappa shape index (κ3) is 6.54. The maximum Gasteiger partial charge on any atom is 0.230 e. The minimum Gasteiger partial charge on any atom is -0.353 e. The van der Waals surface area contributed by atoms with Crippen LogP contribution < -0.4 is 5.32 Å². The second kappa shape index (κ2) is 11.6. The van der Waals surface area contributed by atoms with Crippen LogP contribution in [0.3, 0.4) is 0 Å². The molecule has 34 heavy (non-hydrogen) atoms. The number of benzene rings is 3. The number of carbonyl (C=O) groups excluding carboxylic acids is 1. The van der Waals surface area contributed by atoms with E-state index in [0.717, 1.165) is 24.0 Å². The van der Waals surface area contributed by atoms with E-state index >= 15 is 0 Å². The average Bonchev–Trinajstić information content (AvgIpc) is 3.25. The molecule has 4 aromatic rings. The van der Waals surface area contributed by atoms with Crippen molar-refractivity contribution in [3.05, 3.63) is 102 Å². The maximum atomic E-state index is 13.4. The summed E-state index contributed by atoms with van der Waals surface area (Å²) < 4.78 is 15.4. The van der Waals surface area contributed by atoms with Crippen LogP contribution >= 0.6 is 11.8 Å². The van der Waals surface area contributed by atoms with Crippen molar-refractivity contribution in [3.8, 4) is 11.4 Å². The molecule has 0 aliphatic rings. The predicted octanol–water partition coefficient (Wildman–Crippen LogP) is 5.36. The van der Waals surface area contributed by atoms with Crippen LogP contribution in [0.4, 0.5) is 4.39 Å². The molecule has 0 saturated heterocycles. The van der Waals surface area contributed by atoms with Crippen molar-refractivity contribution >= 4 is 17.7 Å². The molecule has 1 atom stereocenters. The highest BCUT2D eigenvalue weighted by atomic mass is 32.2. The number of hydrogen-bond donors (Lipinski definition) is 1. The van der Waals surface area contributed by atoms with Crippen LogP contribution in [0, 0.1) is 5.82 Å². The molecule has 1 unspecified atom stereocenters. The van der Waals surface area contributed by atoms with Gasteiger partial charge in [0.1, 0.15) is 5.82 Å². The fraction of sp³-hybridized carbons (Fsp3) is 0.222. The van der Waals surface area contributed by atoms with Gasteiger partial charge >= 0.3 is 0 Å². The van der Waals surface area contributed by atoms with Gasteiger partial charge in [0, 0.05) is 11.6 Å². The molecule has 4 rings (SSSR count). The number of thioether (sulfide) groups is 1. The zero-order chi connectivity index (χ0) is 23.8. The highest BCUT2D eigenvalue weighted by molar-refractivity contribution is 7.99. The number of aromatic nitrogens is 3. The largest absolute Gasteiger partial charge is 0.353 e. The number of rotatable bonds is 10. The number of aryl methyl sites for hydroxylation is 1. The van der Waals surface area contributed by atoms with Crippen molar-refractivity contribution in [1.29, 1.82) is 0 Å².